The molecular weight excluding hydrogens is 276 g/mol. The SMILES string of the molecule is Cn1c(=O)cc(N2CC(C(=O)N3CCOCC3)C2)[nH]c1=O. The number of hydrogen-bond acceptors (Lipinski definition) is 5. The molecule has 1 aromatic rings. The number of morpholine rings is 1. The van der Waals surface area contributed by atoms with E-state index in [-0.39, 0.29) is 17.4 Å². The molecule has 21 heavy (non-hydrogen) atoms. The van der Waals surface area contributed by atoms with Crippen LogP contribution in [0, 0.1) is 5.92 Å². The van der Waals surface area contributed by atoms with Crippen LogP contribution in [-0.2, 0) is 16.6 Å². The first-order chi connectivity index (χ1) is 10.1. The molecule has 0 spiro atoms. The number of amides is 1. The summed E-state index contributed by atoms with van der Waals surface area (Å²) in [6, 6.07) is 1.39. The lowest BCUT2D eigenvalue weighted by molar-refractivity contribution is -0.140. The lowest BCUT2D eigenvalue weighted by Gasteiger charge is -2.42. The van der Waals surface area contributed by atoms with Crippen molar-refractivity contribution in [1.82, 2.24) is 14.5 Å². The zero-order valence-corrected chi connectivity index (χ0v) is 11.9. The monoisotopic (exact) mass is 294 g/mol. The smallest absolute Gasteiger partial charge is 0.329 e. The highest BCUT2D eigenvalue weighted by Gasteiger charge is 2.36. The Morgan fingerprint density at radius 3 is 2.57 bits per heavy atom. The van der Waals surface area contributed by atoms with Crippen molar-refractivity contribution in [2.45, 2.75) is 0 Å². The third-order valence-electron chi connectivity index (χ3n) is 4.02. The van der Waals surface area contributed by atoms with E-state index < -0.39 is 5.69 Å². The summed E-state index contributed by atoms with van der Waals surface area (Å²) in [5.74, 6) is 0.533. The molecule has 0 aromatic carbocycles. The largest absolute Gasteiger partial charge is 0.378 e. The molecule has 0 bridgehead atoms. The lowest BCUT2D eigenvalue weighted by Crippen LogP contribution is -2.57. The molecule has 3 rings (SSSR count). The molecule has 0 aliphatic carbocycles. The summed E-state index contributed by atoms with van der Waals surface area (Å²) >= 11 is 0. The molecule has 1 amide bonds. The number of nitrogens with one attached hydrogen (secondary N) is 1. The number of nitrogens with zero attached hydrogens (tertiary/aromatic N) is 3. The second-order valence-corrected chi connectivity index (χ2v) is 5.40. The molecule has 1 N–H and O–H groups in total. The molecule has 2 saturated heterocycles. The minimum Gasteiger partial charge on any atom is -0.378 e. The van der Waals surface area contributed by atoms with Crippen LogP contribution in [0.2, 0.25) is 0 Å². The van der Waals surface area contributed by atoms with Gasteiger partial charge in [-0.3, -0.25) is 19.1 Å². The maximum atomic E-state index is 12.3. The van der Waals surface area contributed by atoms with Crippen LogP contribution >= 0.6 is 0 Å². The highest BCUT2D eigenvalue weighted by molar-refractivity contribution is 5.82. The van der Waals surface area contributed by atoms with Gasteiger partial charge >= 0.3 is 5.69 Å². The summed E-state index contributed by atoms with van der Waals surface area (Å²) in [6.45, 7) is 3.50. The van der Waals surface area contributed by atoms with Gasteiger partial charge in [0.15, 0.2) is 0 Å². The Morgan fingerprint density at radius 1 is 1.29 bits per heavy atom. The Morgan fingerprint density at radius 2 is 1.95 bits per heavy atom. The predicted molar refractivity (Wildman–Crippen MR) is 75.4 cm³/mol. The standard InChI is InChI=1S/C13H18N4O4/c1-15-11(18)6-10(14-13(15)20)17-7-9(8-17)12(19)16-2-4-21-5-3-16/h6,9H,2-5,7-8H2,1H3,(H,14,20). The second-order valence-electron chi connectivity index (χ2n) is 5.40. The Hall–Kier alpha value is -2.09. The van der Waals surface area contributed by atoms with Crippen LogP contribution in [0.3, 0.4) is 0 Å². The van der Waals surface area contributed by atoms with Crippen molar-refractivity contribution >= 4 is 11.7 Å². The zero-order valence-electron chi connectivity index (χ0n) is 11.9. The fraction of sp³-hybridized carbons (Fsp3) is 0.615. The van der Waals surface area contributed by atoms with Gasteiger partial charge in [-0.1, -0.05) is 0 Å². The summed E-state index contributed by atoms with van der Waals surface area (Å²) in [6.07, 6.45) is 0. The van der Waals surface area contributed by atoms with Gasteiger partial charge in [0.25, 0.3) is 5.56 Å². The number of H-pyrrole nitrogens is 1. The number of aromatic amines is 1. The molecule has 114 valence electrons. The van der Waals surface area contributed by atoms with Crippen molar-refractivity contribution in [3.63, 3.8) is 0 Å². The van der Waals surface area contributed by atoms with Crippen LogP contribution in [0.25, 0.3) is 0 Å². The molecule has 3 heterocycles. The molecule has 0 radical (unpaired) electrons. The van der Waals surface area contributed by atoms with Crippen LogP contribution < -0.4 is 16.1 Å². The normalized spacial score (nSPS) is 19.5. The van der Waals surface area contributed by atoms with Gasteiger partial charge in [-0.15, -0.1) is 0 Å². The molecule has 1 aromatic heterocycles. The zero-order chi connectivity index (χ0) is 15.0. The number of ether oxygens (including phenoxy) is 1. The van der Waals surface area contributed by atoms with Crippen LogP contribution in [-0.4, -0.2) is 59.8 Å². The average molecular weight is 294 g/mol. The third kappa shape index (κ3) is 2.58. The van der Waals surface area contributed by atoms with E-state index in [1.165, 1.54) is 13.1 Å². The summed E-state index contributed by atoms with van der Waals surface area (Å²) in [7, 11) is 1.42. The maximum Gasteiger partial charge on any atom is 0.329 e. The molecule has 0 unspecified atom stereocenters. The van der Waals surface area contributed by atoms with E-state index in [9.17, 15) is 14.4 Å². The minimum atomic E-state index is -0.444. The van der Waals surface area contributed by atoms with Gasteiger partial charge in [-0.25, -0.2) is 4.79 Å². The summed E-state index contributed by atoms with van der Waals surface area (Å²) in [4.78, 5) is 41.7. The lowest BCUT2D eigenvalue weighted by atomic mass is 9.98. The Bertz CT molecular complexity index is 622. The summed E-state index contributed by atoms with van der Waals surface area (Å²) < 4.78 is 6.24. The highest BCUT2D eigenvalue weighted by Crippen LogP contribution is 2.23. The van der Waals surface area contributed by atoms with Gasteiger partial charge in [0.2, 0.25) is 5.91 Å². The Labute approximate surface area is 120 Å². The van der Waals surface area contributed by atoms with Crippen LogP contribution in [0.15, 0.2) is 15.7 Å². The van der Waals surface area contributed by atoms with Crippen molar-refractivity contribution < 1.29 is 9.53 Å². The molecular formula is C13H18N4O4. The molecule has 2 fully saturated rings. The molecule has 2 aliphatic rings. The van der Waals surface area contributed by atoms with E-state index in [1.807, 2.05) is 9.80 Å². The van der Waals surface area contributed by atoms with Crippen molar-refractivity contribution in [2.24, 2.45) is 13.0 Å². The number of anilines is 1. The van der Waals surface area contributed by atoms with Gasteiger partial charge in [-0.05, 0) is 0 Å². The second kappa shape index (κ2) is 5.36. The Balaban J connectivity index is 1.64. The fourth-order valence-electron chi connectivity index (χ4n) is 2.59. The van der Waals surface area contributed by atoms with Crippen molar-refractivity contribution in [3.8, 4) is 0 Å². The van der Waals surface area contributed by atoms with Crippen molar-refractivity contribution in [3.05, 3.63) is 26.9 Å². The topological polar surface area (TPSA) is 87.6 Å². The average Bonchev–Trinajstić information content (AvgIpc) is 2.44. The fourth-order valence-corrected chi connectivity index (χ4v) is 2.59. The number of hydrogen-bond donors (Lipinski definition) is 1. The number of aromatic nitrogens is 2. The van der Waals surface area contributed by atoms with Gasteiger partial charge in [0, 0.05) is 39.3 Å². The summed E-state index contributed by atoms with van der Waals surface area (Å²) in [5.41, 5.74) is -0.794. The van der Waals surface area contributed by atoms with Crippen LogP contribution in [0.5, 0.6) is 0 Å². The maximum absolute atomic E-state index is 12.3. The molecule has 8 nitrogen and oxygen atoms in total. The van der Waals surface area contributed by atoms with E-state index >= 15 is 0 Å². The van der Waals surface area contributed by atoms with Crippen LogP contribution in [0.1, 0.15) is 0 Å². The molecule has 0 atom stereocenters. The predicted octanol–water partition coefficient (Wildman–Crippen LogP) is -1.63. The van der Waals surface area contributed by atoms with E-state index in [1.54, 1.807) is 0 Å². The first-order valence-electron chi connectivity index (χ1n) is 6.98. The first-order valence-corrected chi connectivity index (χ1v) is 6.98. The van der Waals surface area contributed by atoms with E-state index in [0.717, 1.165) is 4.57 Å². The molecule has 0 saturated carbocycles. The third-order valence-corrected chi connectivity index (χ3v) is 4.02. The Kier molecular flexibility index (Phi) is 3.54. The van der Waals surface area contributed by atoms with Gasteiger partial charge in [-0.2, -0.15) is 0 Å². The number of rotatable bonds is 2. The van der Waals surface area contributed by atoms with Gasteiger partial charge in [0.1, 0.15) is 5.82 Å². The van der Waals surface area contributed by atoms with Gasteiger partial charge < -0.3 is 14.5 Å². The number of carbonyl (C=O) groups excluding carboxylic acids is 1. The highest BCUT2D eigenvalue weighted by atomic mass is 16.5. The van der Waals surface area contributed by atoms with Crippen LogP contribution in [0.4, 0.5) is 5.82 Å². The number of carbonyl (C=O) groups is 1. The van der Waals surface area contributed by atoms with Crippen molar-refractivity contribution in [1.29, 1.82) is 0 Å². The minimum absolute atomic E-state index is 0.0735. The van der Waals surface area contributed by atoms with E-state index in [2.05, 4.69) is 4.98 Å². The molecule has 8 heteroatoms. The quantitative estimate of drug-likeness (QED) is 0.707. The van der Waals surface area contributed by atoms with Gasteiger partial charge in [0.05, 0.1) is 19.1 Å². The first kappa shape index (κ1) is 13.9. The van der Waals surface area contributed by atoms with E-state index in [4.69, 9.17) is 4.74 Å². The van der Waals surface area contributed by atoms with E-state index in [0.29, 0.717) is 45.2 Å². The molecule has 2 aliphatic heterocycles. The van der Waals surface area contributed by atoms with Crippen molar-refractivity contribution in [2.75, 3.05) is 44.3 Å². The summed E-state index contributed by atoms with van der Waals surface area (Å²) in [5, 5.41) is 0.